The highest BCUT2D eigenvalue weighted by atomic mass is 32.2. The van der Waals surface area contributed by atoms with Gasteiger partial charge < -0.3 is 39.5 Å². The number of benzene rings is 3. The molecule has 3 aromatic carbocycles. The monoisotopic (exact) mass is 1700 g/mol. The summed E-state index contributed by atoms with van der Waals surface area (Å²) in [5.74, 6) is 5.09. The van der Waals surface area contributed by atoms with Crippen molar-refractivity contribution >= 4 is 49.0 Å². The summed E-state index contributed by atoms with van der Waals surface area (Å²) in [4.78, 5) is 65.4. The molecule has 9 fully saturated rings. The van der Waals surface area contributed by atoms with Crippen LogP contribution in [0.2, 0.25) is 0 Å². The Kier molecular flexibility index (Phi) is 42.3. The molecule has 8 aliphatic heterocycles. The molecule has 8 heterocycles. The number of piperidine rings is 6. The second kappa shape index (κ2) is 49.2. The zero-order valence-corrected chi connectivity index (χ0v) is 79.2. The molecule has 3 unspecified atom stereocenters. The largest absolute Gasteiger partial charge is 0.379 e. The molecule has 3 aromatic rings. The lowest BCUT2D eigenvalue weighted by Crippen LogP contribution is -2.48. The Morgan fingerprint density at radius 3 is 1.45 bits per heavy atom. The molecular formula is C97H163FN10O9S2. The van der Waals surface area contributed by atoms with Crippen molar-refractivity contribution < 1.29 is 45.1 Å². The number of nitriles is 1. The molecule has 0 spiro atoms. The first-order valence-corrected chi connectivity index (χ1v) is 49.6. The molecule has 4 amide bonds. The lowest BCUT2D eigenvalue weighted by molar-refractivity contribution is -0.137. The van der Waals surface area contributed by atoms with Crippen LogP contribution in [0.15, 0.2) is 89.8 Å². The summed E-state index contributed by atoms with van der Waals surface area (Å²) in [5.41, 5.74) is 4.14. The van der Waals surface area contributed by atoms with Crippen molar-refractivity contribution in [3.8, 4) is 6.07 Å². The van der Waals surface area contributed by atoms with Crippen LogP contribution in [0.25, 0.3) is 0 Å². The smallest absolute Gasteiger partial charge is 0.239 e. The molecule has 22 heteroatoms. The van der Waals surface area contributed by atoms with Crippen LogP contribution in [0.4, 0.5) is 10.1 Å². The molecule has 0 bridgehead atoms. The van der Waals surface area contributed by atoms with Gasteiger partial charge in [-0.15, -0.1) is 0 Å². The fraction of sp³-hybridized carbons (Fsp3) is 0.763. The van der Waals surface area contributed by atoms with Crippen molar-refractivity contribution in [1.82, 2.24) is 39.6 Å². The number of hydrogen-bond donors (Lipinski definition) is 1. The highest BCUT2D eigenvalue weighted by molar-refractivity contribution is 7.92. The van der Waals surface area contributed by atoms with Crippen molar-refractivity contribution in [3.05, 3.63) is 96.3 Å². The summed E-state index contributed by atoms with van der Waals surface area (Å²) < 4.78 is 64.5. The number of anilines is 1. The average Bonchev–Trinajstić information content (AvgIpc) is 1.64. The predicted molar refractivity (Wildman–Crippen MR) is 487 cm³/mol. The number of nitrogens with one attached hydrogen (secondary N) is 1. The SMILES string of the molecule is CC(C)(C)C1CCN(C(=O)CN2CCOCC2)CC1.CC(C)(C)C1CCN(CCc2ccccc2)CC1.CC(C)(C)C1CCN(c2cccc(F)c2)CC1.CC(CC#N)NC1CCC(C(C)C)C1.CN1CCC[C@H]1C(=O)N1CCC(C(C)(C)C)CC1.C[C@@H]1CCCN(C(=O)CS(=O)(=O)c2ccccc2)C1.C[C@@H]1CCCN(C(=O)CS(C)(=O)=O)C1. The molecular weight excluding hydrogens is 1530 g/mol. The van der Waals surface area contributed by atoms with Gasteiger partial charge in [0.15, 0.2) is 19.7 Å². The normalized spacial score (nSPS) is 22.9. The van der Waals surface area contributed by atoms with E-state index in [1.807, 2.05) is 6.07 Å². The van der Waals surface area contributed by atoms with Gasteiger partial charge in [-0.3, -0.25) is 29.0 Å². The molecule has 1 aliphatic carbocycles. The third kappa shape index (κ3) is 37.4. The van der Waals surface area contributed by atoms with Gasteiger partial charge in [0.2, 0.25) is 23.6 Å². The molecule has 1 N–H and O–H groups in total. The maximum atomic E-state index is 13.2. The Labute approximate surface area is 723 Å². The van der Waals surface area contributed by atoms with E-state index in [0.29, 0.717) is 96.5 Å². The highest BCUT2D eigenvalue weighted by Gasteiger charge is 2.38. The Hall–Kier alpha value is -5.54. The number of ether oxygens (including phenoxy) is 1. The second-order valence-electron chi connectivity index (χ2n) is 41.1. The maximum absolute atomic E-state index is 13.2. The van der Waals surface area contributed by atoms with E-state index in [1.165, 1.54) is 114 Å². The number of morpholine rings is 1. The quantitative estimate of drug-likeness (QED) is 0.141. The third-order valence-electron chi connectivity index (χ3n) is 26.8. The van der Waals surface area contributed by atoms with Crippen LogP contribution in [-0.4, -0.2) is 242 Å². The fourth-order valence-electron chi connectivity index (χ4n) is 18.6. The van der Waals surface area contributed by atoms with Crippen LogP contribution >= 0.6 is 0 Å². The molecule has 674 valence electrons. The summed E-state index contributed by atoms with van der Waals surface area (Å²) in [6, 6.07) is 29.3. The fourth-order valence-corrected chi connectivity index (χ4v) is 20.4. The second-order valence-corrected chi connectivity index (χ2v) is 45.2. The van der Waals surface area contributed by atoms with Crippen molar-refractivity contribution in [2.45, 2.75) is 263 Å². The Balaban J connectivity index is 0.000000216. The number of amides is 4. The third-order valence-corrected chi connectivity index (χ3v) is 29.2. The van der Waals surface area contributed by atoms with Gasteiger partial charge >= 0.3 is 0 Å². The first-order valence-electron chi connectivity index (χ1n) is 45.9. The van der Waals surface area contributed by atoms with E-state index in [2.05, 4.69) is 196 Å². The molecule has 6 atom stereocenters. The minimum atomic E-state index is -3.52. The first-order chi connectivity index (χ1) is 55.9. The number of carbonyl (C=O) groups is 4. The highest BCUT2D eigenvalue weighted by Crippen LogP contribution is 2.39. The molecule has 8 saturated heterocycles. The number of likely N-dealkylation sites (tertiary alicyclic amines) is 6. The van der Waals surface area contributed by atoms with Crippen LogP contribution < -0.4 is 10.2 Å². The summed E-state index contributed by atoms with van der Waals surface area (Å²) in [5, 5.41) is 12.1. The summed E-state index contributed by atoms with van der Waals surface area (Å²) in [7, 11) is -4.62. The van der Waals surface area contributed by atoms with E-state index in [0.717, 1.165) is 165 Å². The van der Waals surface area contributed by atoms with Gasteiger partial charge in [0.05, 0.1) is 43.2 Å². The van der Waals surface area contributed by atoms with Gasteiger partial charge in [0.1, 0.15) is 17.3 Å². The van der Waals surface area contributed by atoms with Gasteiger partial charge in [-0.2, -0.15) is 5.26 Å². The maximum Gasteiger partial charge on any atom is 0.239 e. The zero-order chi connectivity index (χ0) is 87.9. The molecule has 0 radical (unpaired) electrons. The van der Waals surface area contributed by atoms with E-state index >= 15 is 0 Å². The van der Waals surface area contributed by atoms with Crippen LogP contribution in [0, 0.1) is 86.2 Å². The zero-order valence-electron chi connectivity index (χ0n) is 77.6. The summed E-state index contributed by atoms with van der Waals surface area (Å²) in [6.45, 7) is 56.3. The van der Waals surface area contributed by atoms with Gasteiger partial charge in [-0.05, 0) is 254 Å². The standard InChI is InChI=1S/C17H27N.C15H22FN.C15H28N2O2.C15H28N2O.C14H19NO3S.C12H22N2.C9H17NO3S/c1-17(2,3)16-10-13-18(14-11-16)12-9-15-7-5-4-6-8-15;1-15(2,3)12-7-9-17(10-8-12)14-6-4-5-13(16)11-14;1-15(2,3)13-4-6-17(7-5-13)14(18)12-16-8-10-19-11-9-16;1-15(2,3)12-7-10-17(11-8-12)14(18)13-6-5-9-16(13)4;1-12-6-5-9-15(10-12)14(16)11-19(17,18)13-7-3-2-4-8-13;1-9(2)11-4-5-12(8-11)14-10(3)6-7-13;1-8-4-3-5-10(6-8)9(11)7-14(2,12)13/h4-8,16H,9-14H2,1-3H3;4-6,11-12H,7-10H2,1-3H3;13H,4-12H2,1-3H3;12-13H,5-11H2,1-4H3;2-4,7-8,12H,5-6,9-11H2,1H3;9-12,14H,4-6,8H2,1-3H3;8H,3-7H2,1-2H3/t;;;13-;12-;;8-/m...01.1/s1. The molecule has 1 saturated carbocycles. The van der Waals surface area contributed by atoms with Crippen LogP contribution in [0.1, 0.15) is 239 Å². The van der Waals surface area contributed by atoms with Crippen molar-refractivity contribution in [2.75, 3.05) is 154 Å². The number of hydrogen-bond acceptors (Lipinski definition) is 15. The number of nitrogens with zero attached hydrogens (tertiary/aromatic N) is 9. The van der Waals surface area contributed by atoms with Crippen LogP contribution in [0.3, 0.4) is 0 Å². The van der Waals surface area contributed by atoms with Crippen molar-refractivity contribution in [3.63, 3.8) is 0 Å². The number of halogens is 1. The minimum absolute atomic E-state index is 0.138. The van der Waals surface area contributed by atoms with Gasteiger partial charge in [-0.25, -0.2) is 21.2 Å². The van der Waals surface area contributed by atoms with Gasteiger partial charge in [-0.1, -0.05) is 165 Å². The van der Waals surface area contributed by atoms with Gasteiger partial charge in [0, 0.05) is 109 Å². The molecule has 0 aromatic heterocycles. The molecule has 19 nitrogen and oxygen atoms in total. The minimum Gasteiger partial charge on any atom is -0.379 e. The molecule has 9 aliphatic rings. The predicted octanol–water partition coefficient (Wildman–Crippen LogP) is 16.8. The lowest BCUT2D eigenvalue weighted by Gasteiger charge is -2.40. The van der Waals surface area contributed by atoms with E-state index in [1.54, 1.807) is 40.1 Å². The summed E-state index contributed by atoms with van der Waals surface area (Å²) in [6.07, 6.45) is 23.1. The van der Waals surface area contributed by atoms with E-state index in [-0.39, 0.29) is 34.3 Å². The first kappa shape index (κ1) is 102. The number of likely N-dealkylation sites (N-methyl/N-ethyl adjacent to an activating group) is 1. The van der Waals surface area contributed by atoms with Crippen LogP contribution in [0.5, 0.6) is 0 Å². The van der Waals surface area contributed by atoms with E-state index in [4.69, 9.17) is 10.00 Å². The lowest BCUT2D eigenvalue weighted by atomic mass is 9.75. The van der Waals surface area contributed by atoms with Gasteiger partial charge in [0.25, 0.3) is 0 Å². The van der Waals surface area contributed by atoms with Crippen LogP contribution in [-0.2, 0) is 50.0 Å². The summed E-state index contributed by atoms with van der Waals surface area (Å²) >= 11 is 0. The molecule has 12 rings (SSSR count). The number of carbonyl (C=O) groups excluding carboxylic acids is 4. The Bertz CT molecular complexity index is 3730. The van der Waals surface area contributed by atoms with Crippen molar-refractivity contribution in [2.24, 2.45) is 69.0 Å². The van der Waals surface area contributed by atoms with Crippen molar-refractivity contribution in [1.29, 1.82) is 5.26 Å². The van der Waals surface area contributed by atoms with E-state index in [9.17, 15) is 40.4 Å². The molecule has 119 heavy (non-hydrogen) atoms. The Morgan fingerprint density at radius 2 is 1.00 bits per heavy atom. The topological polar surface area (TPSA) is 208 Å². The van der Waals surface area contributed by atoms with E-state index < -0.39 is 25.4 Å². The Morgan fingerprint density at radius 1 is 0.529 bits per heavy atom. The number of sulfone groups is 2. The average molecular weight is 1700 g/mol. The number of rotatable bonds is 16.